The number of nitrogens with zero attached hydrogens (tertiary/aromatic N) is 1. The maximum Gasteiger partial charge on any atom is 0.318 e. The van der Waals surface area contributed by atoms with Gasteiger partial charge in [-0.05, 0) is 36.6 Å². The van der Waals surface area contributed by atoms with Crippen LogP contribution in [0.25, 0.3) is 0 Å². The lowest BCUT2D eigenvalue weighted by molar-refractivity contribution is -0.141. The van der Waals surface area contributed by atoms with Crippen molar-refractivity contribution in [2.24, 2.45) is 5.92 Å². The highest BCUT2D eigenvalue weighted by Gasteiger charge is 2.32. The molecule has 1 aliphatic heterocycles. The summed E-state index contributed by atoms with van der Waals surface area (Å²) in [5.41, 5.74) is 2.44. The van der Waals surface area contributed by atoms with Gasteiger partial charge in [0.05, 0.1) is 12.0 Å². The molecule has 7 heteroatoms. The largest absolute Gasteiger partial charge is 0.481 e. The molecule has 2 unspecified atom stereocenters. The number of hydrogen-bond donors (Lipinski definition) is 2. The zero-order chi connectivity index (χ0) is 19.6. The van der Waals surface area contributed by atoms with E-state index in [-0.39, 0.29) is 17.6 Å². The average Bonchev–Trinajstić information content (AvgIpc) is 3.11. The Morgan fingerprint density at radius 2 is 1.96 bits per heavy atom. The molecule has 0 saturated carbocycles. The van der Waals surface area contributed by atoms with Crippen LogP contribution in [0.5, 0.6) is 0 Å². The normalized spacial score (nSPS) is 17.6. The number of nitrogens with one attached hydrogen (secondary N) is 1. The lowest BCUT2D eigenvalue weighted by atomic mass is 9.97. The maximum absolute atomic E-state index is 13.5. The van der Waals surface area contributed by atoms with Gasteiger partial charge in [-0.15, -0.1) is 0 Å². The van der Waals surface area contributed by atoms with E-state index in [0.717, 1.165) is 11.1 Å². The summed E-state index contributed by atoms with van der Waals surface area (Å²) in [6, 6.07) is 10.7. The number of rotatable bonds is 4. The smallest absolute Gasteiger partial charge is 0.318 e. The molecule has 1 saturated heterocycles. The van der Waals surface area contributed by atoms with Gasteiger partial charge in [-0.1, -0.05) is 47.5 Å². The van der Waals surface area contributed by atoms with Crippen LogP contribution in [0.4, 0.5) is 9.18 Å². The second-order valence-electron chi connectivity index (χ2n) is 6.73. The summed E-state index contributed by atoms with van der Waals surface area (Å²) in [5, 5.41) is 12.3. The van der Waals surface area contributed by atoms with Crippen LogP contribution in [0.15, 0.2) is 42.5 Å². The molecule has 2 aromatic carbocycles. The van der Waals surface area contributed by atoms with Gasteiger partial charge in [-0.3, -0.25) is 4.79 Å². The third kappa shape index (κ3) is 4.39. The van der Waals surface area contributed by atoms with Crippen molar-refractivity contribution in [3.8, 4) is 0 Å². The van der Waals surface area contributed by atoms with Gasteiger partial charge >= 0.3 is 12.0 Å². The number of amides is 2. The van der Waals surface area contributed by atoms with E-state index in [1.54, 1.807) is 6.07 Å². The monoisotopic (exact) mass is 390 g/mol. The van der Waals surface area contributed by atoms with Crippen LogP contribution in [-0.2, 0) is 4.79 Å². The van der Waals surface area contributed by atoms with Crippen molar-refractivity contribution in [2.75, 3.05) is 13.1 Å². The number of benzene rings is 2. The zero-order valence-corrected chi connectivity index (χ0v) is 15.5. The van der Waals surface area contributed by atoms with Crippen molar-refractivity contribution in [1.29, 1.82) is 0 Å². The summed E-state index contributed by atoms with van der Waals surface area (Å²) < 4.78 is 13.5. The van der Waals surface area contributed by atoms with Crippen LogP contribution in [0.3, 0.4) is 0 Å². The predicted molar refractivity (Wildman–Crippen MR) is 100 cm³/mol. The highest BCUT2D eigenvalue weighted by atomic mass is 35.5. The lowest BCUT2D eigenvalue weighted by Crippen LogP contribution is -2.41. The number of halogens is 2. The Balaban J connectivity index is 1.87. The fraction of sp³-hybridized carbons (Fsp3) is 0.300. The van der Waals surface area contributed by atoms with Gasteiger partial charge in [0.1, 0.15) is 5.82 Å². The summed E-state index contributed by atoms with van der Waals surface area (Å²) in [5.74, 6) is -1.91. The summed E-state index contributed by atoms with van der Waals surface area (Å²) in [6.45, 7) is 2.50. The van der Waals surface area contributed by atoms with Crippen molar-refractivity contribution < 1.29 is 19.1 Å². The van der Waals surface area contributed by atoms with Crippen molar-refractivity contribution >= 4 is 23.6 Å². The van der Waals surface area contributed by atoms with E-state index in [9.17, 15) is 14.0 Å². The van der Waals surface area contributed by atoms with Gasteiger partial charge in [-0.25, -0.2) is 9.18 Å². The van der Waals surface area contributed by atoms with E-state index in [1.165, 1.54) is 17.0 Å². The first-order valence-electron chi connectivity index (χ1n) is 8.65. The third-order valence-electron chi connectivity index (χ3n) is 4.78. The number of hydrogen-bond acceptors (Lipinski definition) is 2. The molecule has 2 amide bonds. The molecule has 0 radical (unpaired) electrons. The molecule has 0 spiro atoms. The van der Waals surface area contributed by atoms with Crippen molar-refractivity contribution in [3.63, 3.8) is 0 Å². The van der Waals surface area contributed by atoms with Crippen LogP contribution >= 0.6 is 11.6 Å². The number of carbonyl (C=O) groups excluding carboxylic acids is 1. The molecule has 27 heavy (non-hydrogen) atoms. The fourth-order valence-corrected chi connectivity index (χ4v) is 3.47. The highest BCUT2D eigenvalue weighted by molar-refractivity contribution is 6.31. The van der Waals surface area contributed by atoms with E-state index in [2.05, 4.69) is 5.32 Å². The first-order chi connectivity index (χ1) is 12.8. The van der Waals surface area contributed by atoms with E-state index >= 15 is 0 Å². The van der Waals surface area contributed by atoms with Crippen molar-refractivity contribution in [2.45, 2.75) is 19.4 Å². The topological polar surface area (TPSA) is 69.6 Å². The quantitative estimate of drug-likeness (QED) is 0.829. The van der Waals surface area contributed by atoms with E-state index in [0.29, 0.717) is 18.5 Å². The fourth-order valence-electron chi connectivity index (χ4n) is 3.20. The van der Waals surface area contributed by atoms with Gasteiger partial charge in [0.15, 0.2) is 0 Å². The Morgan fingerprint density at radius 3 is 2.56 bits per heavy atom. The van der Waals surface area contributed by atoms with Gasteiger partial charge in [0, 0.05) is 18.1 Å². The van der Waals surface area contributed by atoms with Gasteiger partial charge in [0.25, 0.3) is 0 Å². The minimum absolute atomic E-state index is 0.166. The Labute approximate surface area is 161 Å². The molecule has 5 nitrogen and oxygen atoms in total. The second kappa shape index (κ2) is 7.96. The molecule has 0 bridgehead atoms. The molecule has 3 rings (SSSR count). The van der Waals surface area contributed by atoms with Crippen LogP contribution in [0, 0.1) is 18.7 Å². The van der Waals surface area contributed by atoms with Gasteiger partial charge < -0.3 is 15.3 Å². The number of carbonyl (C=O) groups is 2. The number of likely N-dealkylation sites (tertiary alicyclic amines) is 1. The number of carboxylic acid groups (broad SMARTS) is 1. The molecule has 0 aliphatic carbocycles. The SMILES string of the molecule is Cc1ccc(C(NC(=O)N2CCC(C(=O)O)C2)c2ccc(F)cc2Cl)cc1. The standard InChI is InChI=1S/C20H20ClFN2O3/c1-12-2-4-13(5-3-12)18(16-7-6-15(22)10-17(16)21)23-20(27)24-9-8-14(11-24)19(25)26/h2-7,10,14,18H,8-9,11H2,1H3,(H,23,27)(H,25,26). The number of aryl methyl sites for hydroxylation is 1. The maximum atomic E-state index is 13.5. The molecule has 2 atom stereocenters. The summed E-state index contributed by atoms with van der Waals surface area (Å²) in [4.78, 5) is 25.3. The number of urea groups is 1. The summed E-state index contributed by atoms with van der Waals surface area (Å²) >= 11 is 6.23. The first kappa shape index (κ1) is 19.2. The highest BCUT2D eigenvalue weighted by Crippen LogP contribution is 2.30. The van der Waals surface area contributed by atoms with E-state index < -0.39 is 23.7 Å². The second-order valence-corrected chi connectivity index (χ2v) is 7.14. The molecule has 1 aliphatic rings. The summed E-state index contributed by atoms with van der Waals surface area (Å²) in [6.07, 6.45) is 0.426. The Kier molecular flexibility index (Phi) is 5.65. The van der Waals surface area contributed by atoms with E-state index in [4.69, 9.17) is 16.7 Å². The first-order valence-corrected chi connectivity index (χ1v) is 9.02. The molecule has 0 aromatic heterocycles. The van der Waals surface area contributed by atoms with E-state index in [1.807, 2.05) is 31.2 Å². The molecular formula is C20H20ClFN2O3. The minimum Gasteiger partial charge on any atom is -0.481 e. The van der Waals surface area contributed by atoms with Crippen molar-refractivity contribution in [3.05, 3.63) is 70.0 Å². The molecule has 2 aromatic rings. The predicted octanol–water partition coefficient (Wildman–Crippen LogP) is 3.99. The minimum atomic E-state index is -0.901. The Morgan fingerprint density at radius 1 is 1.26 bits per heavy atom. The van der Waals surface area contributed by atoms with Gasteiger partial charge in [-0.2, -0.15) is 0 Å². The van der Waals surface area contributed by atoms with Crippen LogP contribution < -0.4 is 5.32 Å². The Bertz CT molecular complexity index is 857. The molecule has 142 valence electrons. The molecule has 1 heterocycles. The van der Waals surface area contributed by atoms with Crippen LogP contribution in [0.2, 0.25) is 5.02 Å². The molecule has 1 fully saturated rings. The molecule has 2 N–H and O–H groups in total. The van der Waals surface area contributed by atoms with Gasteiger partial charge in [0.2, 0.25) is 0 Å². The average molecular weight is 391 g/mol. The lowest BCUT2D eigenvalue weighted by Gasteiger charge is -2.25. The summed E-state index contributed by atoms with van der Waals surface area (Å²) in [7, 11) is 0. The molecular weight excluding hydrogens is 371 g/mol. The van der Waals surface area contributed by atoms with Crippen LogP contribution in [-0.4, -0.2) is 35.1 Å². The Hall–Kier alpha value is -2.60. The number of carboxylic acids is 1. The van der Waals surface area contributed by atoms with Crippen LogP contribution in [0.1, 0.15) is 29.2 Å². The zero-order valence-electron chi connectivity index (χ0n) is 14.8. The third-order valence-corrected chi connectivity index (χ3v) is 5.10. The number of aliphatic carboxylic acids is 1. The van der Waals surface area contributed by atoms with Crippen molar-refractivity contribution in [1.82, 2.24) is 10.2 Å².